The van der Waals surface area contributed by atoms with Gasteiger partial charge in [-0.15, -0.1) is 0 Å². The van der Waals surface area contributed by atoms with Gasteiger partial charge in [-0.25, -0.2) is 0 Å². The molecule has 0 radical (unpaired) electrons. The Kier molecular flexibility index (Phi) is 6.42. The maximum Gasteiger partial charge on any atom is 0.244 e. The molecule has 0 aliphatic heterocycles. The van der Waals surface area contributed by atoms with Crippen molar-refractivity contribution in [2.45, 2.75) is 0 Å². The Morgan fingerprint density at radius 2 is 2.04 bits per heavy atom. The third-order valence-corrected chi connectivity index (χ3v) is 3.40. The van der Waals surface area contributed by atoms with Gasteiger partial charge in [-0.2, -0.15) is 0 Å². The number of carbonyl (C=O) groups excluding carboxylic acids is 2. The average Bonchev–Trinajstić information content (AvgIpc) is 2.59. The molecule has 3 N–H and O–H groups in total. The number of amides is 2. The van der Waals surface area contributed by atoms with E-state index in [1.165, 1.54) is 19.3 Å². The zero-order valence-corrected chi connectivity index (χ0v) is 14.2. The molecule has 2 aromatic carbocycles. The Labute approximate surface area is 150 Å². The minimum absolute atomic E-state index is 0.0155. The van der Waals surface area contributed by atoms with Gasteiger partial charge >= 0.3 is 0 Å². The standard InChI is InChI=1S/C18H17ClN2O4/c1-25-16-9-12(5-7-15(16)22)6-8-17(23)20-11-18(24)21-14-4-2-3-13(19)10-14/h2-10,22H,11H2,1H3,(H,20,23)(H,21,24)/b8-6+. The van der Waals surface area contributed by atoms with Crippen LogP contribution in [0, 0.1) is 0 Å². The zero-order chi connectivity index (χ0) is 18.2. The second kappa shape index (κ2) is 8.75. The van der Waals surface area contributed by atoms with Crippen LogP contribution in [0.3, 0.4) is 0 Å². The summed E-state index contributed by atoms with van der Waals surface area (Å²) in [6.45, 7) is -0.172. The monoisotopic (exact) mass is 360 g/mol. The second-order valence-electron chi connectivity index (χ2n) is 5.04. The summed E-state index contributed by atoms with van der Waals surface area (Å²) in [5, 5.41) is 15.1. The largest absolute Gasteiger partial charge is 0.504 e. The van der Waals surface area contributed by atoms with Crippen molar-refractivity contribution < 1.29 is 19.4 Å². The van der Waals surface area contributed by atoms with E-state index in [2.05, 4.69) is 10.6 Å². The topological polar surface area (TPSA) is 87.7 Å². The minimum atomic E-state index is -0.423. The number of nitrogens with one attached hydrogen (secondary N) is 2. The van der Waals surface area contributed by atoms with Gasteiger partial charge in [0.1, 0.15) is 0 Å². The van der Waals surface area contributed by atoms with Crippen LogP contribution in [0.4, 0.5) is 5.69 Å². The Bertz CT molecular complexity index is 805. The molecule has 0 unspecified atom stereocenters. The van der Waals surface area contributed by atoms with Gasteiger partial charge in [0, 0.05) is 16.8 Å². The Morgan fingerprint density at radius 1 is 1.24 bits per heavy atom. The highest BCUT2D eigenvalue weighted by Crippen LogP contribution is 2.26. The molecule has 0 saturated heterocycles. The first-order valence-electron chi connectivity index (χ1n) is 7.36. The van der Waals surface area contributed by atoms with E-state index < -0.39 is 5.91 Å². The Morgan fingerprint density at radius 3 is 2.76 bits per heavy atom. The fourth-order valence-electron chi connectivity index (χ4n) is 1.97. The van der Waals surface area contributed by atoms with Crippen molar-refractivity contribution >= 4 is 35.2 Å². The molecule has 0 saturated carbocycles. The number of rotatable bonds is 6. The van der Waals surface area contributed by atoms with Crippen LogP contribution in [0.2, 0.25) is 5.02 Å². The highest BCUT2D eigenvalue weighted by molar-refractivity contribution is 6.30. The summed E-state index contributed by atoms with van der Waals surface area (Å²) in [5.74, 6) is -0.464. The lowest BCUT2D eigenvalue weighted by molar-refractivity contribution is -0.121. The van der Waals surface area contributed by atoms with Crippen molar-refractivity contribution in [3.63, 3.8) is 0 Å². The molecule has 0 atom stereocenters. The van der Waals surface area contributed by atoms with Crippen molar-refractivity contribution in [1.82, 2.24) is 5.32 Å². The Balaban J connectivity index is 1.84. The summed E-state index contributed by atoms with van der Waals surface area (Å²) in [6, 6.07) is 11.4. The number of anilines is 1. The molecular weight excluding hydrogens is 344 g/mol. The summed E-state index contributed by atoms with van der Waals surface area (Å²) in [6.07, 6.45) is 2.84. The molecule has 25 heavy (non-hydrogen) atoms. The van der Waals surface area contributed by atoms with E-state index in [1.807, 2.05) is 0 Å². The van der Waals surface area contributed by atoms with Crippen LogP contribution in [-0.4, -0.2) is 30.6 Å². The van der Waals surface area contributed by atoms with Crippen LogP contribution >= 0.6 is 11.6 Å². The smallest absolute Gasteiger partial charge is 0.244 e. The molecule has 2 amide bonds. The first-order valence-corrected chi connectivity index (χ1v) is 7.74. The zero-order valence-electron chi connectivity index (χ0n) is 13.5. The lowest BCUT2D eigenvalue weighted by atomic mass is 10.2. The number of ether oxygens (including phenoxy) is 1. The SMILES string of the molecule is COc1cc(/C=C/C(=O)NCC(=O)Nc2cccc(Cl)c2)ccc1O. The fourth-order valence-corrected chi connectivity index (χ4v) is 2.16. The van der Waals surface area contributed by atoms with E-state index >= 15 is 0 Å². The fraction of sp³-hybridized carbons (Fsp3) is 0.111. The predicted molar refractivity (Wildman–Crippen MR) is 96.8 cm³/mol. The van der Waals surface area contributed by atoms with Crippen LogP contribution in [0.1, 0.15) is 5.56 Å². The van der Waals surface area contributed by atoms with Crippen molar-refractivity contribution in [1.29, 1.82) is 0 Å². The number of aromatic hydroxyl groups is 1. The number of hydrogen-bond acceptors (Lipinski definition) is 4. The summed E-state index contributed by atoms with van der Waals surface area (Å²) in [4.78, 5) is 23.6. The number of methoxy groups -OCH3 is 1. The van der Waals surface area contributed by atoms with Crippen LogP contribution in [-0.2, 0) is 9.59 Å². The van der Waals surface area contributed by atoms with Crippen LogP contribution in [0.5, 0.6) is 11.5 Å². The van der Waals surface area contributed by atoms with E-state index in [9.17, 15) is 14.7 Å². The number of phenolic OH excluding ortho intramolecular Hbond substituents is 1. The molecule has 6 nitrogen and oxygen atoms in total. The van der Waals surface area contributed by atoms with E-state index in [1.54, 1.807) is 42.5 Å². The average molecular weight is 361 g/mol. The van der Waals surface area contributed by atoms with Crippen LogP contribution < -0.4 is 15.4 Å². The van der Waals surface area contributed by atoms with Crippen LogP contribution in [0.15, 0.2) is 48.5 Å². The summed E-state index contributed by atoms with van der Waals surface area (Å²) in [5.41, 5.74) is 1.23. The maximum absolute atomic E-state index is 11.8. The predicted octanol–water partition coefficient (Wildman–Crippen LogP) is 2.82. The highest BCUT2D eigenvalue weighted by atomic mass is 35.5. The van der Waals surface area contributed by atoms with Gasteiger partial charge in [0.15, 0.2) is 11.5 Å². The van der Waals surface area contributed by atoms with E-state index in [4.69, 9.17) is 16.3 Å². The van der Waals surface area contributed by atoms with Crippen molar-refractivity contribution in [2.24, 2.45) is 0 Å². The normalized spacial score (nSPS) is 10.5. The highest BCUT2D eigenvalue weighted by Gasteiger charge is 2.05. The molecule has 0 aliphatic rings. The first-order chi connectivity index (χ1) is 12.0. The molecule has 2 rings (SSSR count). The molecule has 0 heterocycles. The molecule has 2 aromatic rings. The van der Waals surface area contributed by atoms with Crippen molar-refractivity contribution in [3.8, 4) is 11.5 Å². The van der Waals surface area contributed by atoms with Gasteiger partial charge in [-0.1, -0.05) is 23.7 Å². The first kappa shape index (κ1) is 18.4. The quantitative estimate of drug-likeness (QED) is 0.691. The molecule has 0 fully saturated rings. The summed E-state index contributed by atoms with van der Waals surface area (Å²) >= 11 is 5.83. The lowest BCUT2D eigenvalue weighted by Crippen LogP contribution is -2.31. The van der Waals surface area contributed by atoms with Gasteiger partial charge in [0.2, 0.25) is 11.8 Å². The van der Waals surface area contributed by atoms with Gasteiger partial charge < -0.3 is 20.5 Å². The number of carbonyl (C=O) groups is 2. The lowest BCUT2D eigenvalue weighted by Gasteiger charge is -2.06. The Hall–Kier alpha value is -2.99. The van der Waals surface area contributed by atoms with Crippen molar-refractivity contribution in [2.75, 3.05) is 19.0 Å². The number of halogens is 1. The van der Waals surface area contributed by atoms with Crippen LogP contribution in [0.25, 0.3) is 6.08 Å². The number of phenols is 1. The van der Waals surface area contributed by atoms with E-state index in [0.29, 0.717) is 22.0 Å². The van der Waals surface area contributed by atoms with Gasteiger partial charge in [0.05, 0.1) is 13.7 Å². The summed E-state index contributed by atoms with van der Waals surface area (Å²) in [7, 11) is 1.44. The van der Waals surface area contributed by atoms with E-state index in [-0.39, 0.29) is 18.2 Å². The molecule has 0 bridgehead atoms. The second-order valence-corrected chi connectivity index (χ2v) is 5.48. The molecule has 0 spiro atoms. The van der Waals surface area contributed by atoms with Gasteiger partial charge in [-0.05, 0) is 42.0 Å². The minimum Gasteiger partial charge on any atom is -0.504 e. The molecule has 0 aromatic heterocycles. The third-order valence-electron chi connectivity index (χ3n) is 3.16. The number of hydrogen-bond donors (Lipinski definition) is 3. The summed E-state index contributed by atoms with van der Waals surface area (Å²) < 4.78 is 4.99. The number of benzene rings is 2. The molecule has 7 heteroatoms. The molecule has 0 aliphatic carbocycles. The van der Waals surface area contributed by atoms with Gasteiger partial charge in [0.25, 0.3) is 0 Å². The third kappa shape index (κ3) is 5.86. The van der Waals surface area contributed by atoms with Gasteiger partial charge in [-0.3, -0.25) is 9.59 Å². The van der Waals surface area contributed by atoms with Crippen molar-refractivity contribution in [3.05, 3.63) is 59.1 Å². The van der Waals surface area contributed by atoms with E-state index in [0.717, 1.165) is 0 Å². The maximum atomic E-state index is 11.8. The molecule has 130 valence electrons. The molecular formula is C18H17ClN2O4.